The van der Waals surface area contributed by atoms with Crippen molar-refractivity contribution in [1.82, 2.24) is 4.72 Å². The van der Waals surface area contributed by atoms with Crippen LogP contribution in [-0.2, 0) is 11.2 Å². The second-order valence-corrected chi connectivity index (χ2v) is 5.49. The Kier molecular flexibility index (Phi) is 4.93. The smallest absolute Gasteiger partial charge is 0.352 e. The molecule has 0 atom stereocenters. The third-order valence-corrected chi connectivity index (χ3v) is 3.92. The summed E-state index contributed by atoms with van der Waals surface area (Å²) in [6, 6.07) is 7.72. The summed E-state index contributed by atoms with van der Waals surface area (Å²) in [6.45, 7) is 3.93. The summed E-state index contributed by atoms with van der Waals surface area (Å²) in [6.07, 6.45) is 3.23. The molecule has 1 aromatic carbocycles. The van der Waals surface area contributed by atoms with Crippen LogP contribution in [0.4, 0.5) is 0 Å². The van der Waals surface area contributed by atoms with Crippen molar-refractivity contribution in [2.24, 2.45) is 0 Å². The number of allylic oxidation sites excluding steroid dienone is 3. The van der Waals surface area contributed by atoms with Gasteiger partial charge in [-0.15, -0.1) is 0 Å². The maximum Gasteiger partial charge on any atom is 0.352 e. The molecule has 0 spiro atoms. The summed E-state index contributed by atoms with van der Waals surface area (Å²) in [5.74, 6) is -0.981. The highest BCUT2D eigenvalue weighted by molar-refractivity contribution is 8.00. The van der Waals surface area contributed by atoms with Gasteiger partial charge in [0.1, 0.15) is 5.70 Å². The molecule has 1 aromatic rings. The first-order chi connectivity index (χ1) is 9.56. The molecule has 104 valence electrons. The molecule has 2 rings (SSSR count). The van der Waals surface area contributed by atoms with Gasteiger partial charge in [0.25, 0.3) is 0 Å². The molecule has 20 heavy (non-hydrogen) atoms. The van der Waals surface area contributed by atoms with Crippen LogP contribution in [0.2, 0.25) is 5.02 Å². The number of carboxylic acid groups (broad SMARTS) is 1. The van der Waals surface area contributed by atoms with Crippen molar-refractivity contribution >= 4 is 29.5 Å². The van der Waals surface area contributed by atoms with Gasteiger partial charge in [-0.25, -0.2) is 4.79 Å². The highest BCUT2D eigenvalue weighted by Gasteiger charge is 2.12. The van der Waals surface area contributed by atoms with Crippen LogP contribution in [-0.4, -0.2) is 11.1 Å². The van der Waals surface area contributed by atoms with Crippen LogP contribution in [0.1, 0.15) is 12.0 Å². The molecule has 0 saturated heterocycles. The number of hydrogen-bond acceptors (Lipinski definition) is 3. The first-order valence-electron chi connectivity index (χ1n) is 6.05. The van der Waals surface area contributed by atoms with E-state index in [-0.39, 0.29) is 5.70 Å². The van der Waals surface area contributed by atoms with Gasteiger partial charge in [-0.3, -0.25) is 0 Å². The van der Waals surface area contributed by atoms with Crippen LogP contribution in [0.25, 0.3) is 0 Å². The third kappa shape index (κ3) is 3.92. The van der Waals surface area contributed by atoms with Crippen molar-refractivity contribution in [1.29, 1.82) is 0 Å². The number of nitrogens with one attached hydrogen (secondary N) is 1. The Morgan fingerprint density at radius 3 is 2.65 bits per heavy atom. The first-order valence-corrected chi connectivity index (χ1v) is 7.31. The zero-order chi connectivity index (χ0) is 14.5. The number of aliphatic carboxylic acids is 1. The fourth-order valence-electron chi connectivity index (χ4n) is 1.79. The summed E-state index contributed by atoms with van der Waals surface area (Å²) < 4.78 is 2.77. The number of rotatable bonds is 4. The van der Waals surface area contributed by atoms with E-state index in [0.717, 1.165) is 29.0 Å². The summed E-state index contributed by atoms with van der Waals surface area (Å²) in [5.41, 5.74) is 3.10. The Balaban J connectivity index is 2.02. The van der Waals surface area contributed by atoms with E-state index in [1.807, 2.05) is 29.7 Å². The van der Waals surface area contributed by atoms with Crippen LogP contribution in [0.5, 0.6) is 0 Å². The maximum atomic E-state index is 10.9. The predicted molar refractivity (Wildman–Crippen MR) is 83.4 cm³/mol. The Bertz CT molecular complexity index is 590. The summed E-state index contributed by atoms with van der Waals surface area (Å²) in [4.78, 5) is 10.9. The zero-order valence-electron chi connectivity index (χ0n) is 10.7. The molecule has 0 unspecified atom stereocenters. The van der Waals surface area contributed by atoms with E-state index in [0.29, 0.717) is 0 Å². The summed E-state index contributed by atoms with van der Waals surface area (Å²) >= 11 is 7.11. The lowest BCUT2D eigenvalue weighted by Crippen LogP contribution is -2.12. The Morgan fingerprint density at radius 2 is 2.00 bits per heavy atom. The van der Waals surface area contributed by atoms with Gasteiger partial charge < -0.3 is 9.83 Å². The van der Waals surface area contributed by atoms with Gasteiger partial charge in [-0.2, -0.15) is 0 Å². The quantitative estimate of drug-likeness (QED) is 0.827. The summed E-state index contributed by atoms with van der Waals surface area (Å²) in [7, 11) is 0. The van der Waals surface area contributed by atoms with Crippen molar-refractivity contribution in [3.05, 3.63) is 69.8 Å². The predicted octanol–water partition coefficient (Wildman–Crippen LogP) is 3.93. The molecule has 0 radical (unpaired) electrons. The SMILES string of the molecule is C=C1C=C(C(=O)O)NSC=C1CCc1ccc(Cl)cc1. The van der Waals surface area contributed by atoms with Crippen molar-refractivity contribution in [2.45, 2.75) is 12.8 Å². The highest BCUT2D eigenvalue weighted by Crippen LogP contribution is 2.24. The molecule has 1 aliphatic rings. The molecular weight excluding hydrogens is 294 g/mol. The fraction of sp³-hybridized carbons (Fsp3) is 0.133. The van der Waals surface area contributed by atoms with Crippen molar-refractivity contribution in [3.63, 3.8) is 0 Å². The average molecular weight is 308 g/mol. The van der Waals surface area contributed by atoms with Crippen molar-refractivity contribution in [3.8, 4) is 0 Å². The highest BCUT2D eigenvalue weighted by atomic mass is 35.5. The molecule has 2 N–H and O–H groups in total. The molecule has 0 aliphatic carbocycles. The topological polar surface area (TPSA) is 49.3 Å². The van der Waals surface area contributed by atoms with Gasteiger partial charge in [0, 0.05) is 5.02 Å². The number of carbonyl (C=O) groups is 1. The molecule has 0 aromatic heterocycles. The number of halogens is 1. The van der Waals surface area contributed by atoms with Gasteiger partial charge in [-0.05, 0) is 65.1 Å². The van der Waals surface area contributed by atoms with Gasteiger partial charge in [0.15, 0.2) is 0 Å². The van der Waals surface area contributed by atoms with E-state index in [1.165, 1.54) is 17.5 Å². The van der Waals surface area contributed by atoms with Crippen LogP contribution in [0.3, 0.4) is 0 Å². The van der Waals surface area contributed by atoms with E-state index in [1.54, 1.807) is 6.08 Å². The Labute approximate surface area is 127 Å². The second-order valence-electron chi connectivity index (χ2n) is 4.38. The molecule has 3 nitrogen and oxygen atoms in total. The van der Waals surface area contributed by atoms with Crippen LogP contribution in [0, 0.1) is 0 Å². The largest absolute Gasteiger partial charge is 0.477 e. The Hall–Kier alpha value is -1.65. The van der Waals surface area contributed by atoms with E-state index in [9.17, 15) is 4.79 Å². The van der Waals surface area contributed by atoms with Crippen molar-refractivity contribution < 1.29 is 9.90 Å². The van der Waals surface area contributed by atoms with E-state index in [4.69, 9.17) is 16.7 Å². The molecule has 0 saturated carbocycles. The average Bonchev–Trinajstić information content (AvgIpc) is 2.60. The second kappa shape index (κ2) is 6.68. The van der Waals surface area contributed by atoms with Gasteiger partial charge >= 0.3 is 5.97 Å². The number of benzene rings is 1. The van der Waals surface area contributed by atoms with Gasteiger partial charge in [0.05, 0.1) is 0 Å². The molecule has 0 amide bonds. The lowest BCUT2D eigenvalue weighted by molar-refractivity contribution is -0.132. The molecule has 5 heteroatoms. The summed E-state index contributed by atoms with van der Waals surface area (Å²) in [5, 5.41) is 11.6. The maximum absolute atomic E-state index is 10.9. The number of aryl methyl sites for hydroxylation is 1. The van der Waals surface area contributed by atoms with E-state index in [2.05, 4.69) is 11.3 Å². The minimum Gasteiger partial charge on any atom is -0.477 e. The monoisotopic (exact) mass is 307 g/mol. The van der Waals surface area contributed by atoms with E-state index >= 15 is 0 Å². The standard InChI is InChI=1S/C15H14ClNO2S/c1-10-8-14(15(18)19)17-20-9-12(10)5-2-11-3-6-13(16)7-4-11/h3-4,6-9,17H,1-2,5H2,(H,18,19). The minimum absolute atomic E-state index is 0.151. The first kappa shape index (κ1) is 14.8. The van der Waals surface area contributed by atoms with Gasteiger partial charge in [0.2, 0.25) is 0 Å². The zero-order valence-corrected chi connectivity index (χ0v) is 12.3. The minimum atomic E-state index is -0.981. The molecule has 1 heterocycles. The van der Waals surface area contributed by atoms with Crippen LogP contribution in [0.15, 0.2) is 59.2 Å². The van der Waals surface area contributed by atoms with E-state index < -0.39 is 5.97 Å². The lowest BCUT2D eigenvalue weighted by Gasteiger charge is -2.06. The molecule has 0 fully saturated rings. The number of hydrogen-bond donors (Lipinski definition) is 2. The normalized spacial score (nSPS) is 14.9. The van der Waals surface area contributed by atoms with Crippen LogP contribution >= 0.6 is 23.5 Å². The molecule has 1 aliphatic heterocycles. The fourth-order valence-corrected chi connectivity index (χ4v) is 2.66. The molecular formula is C15H14ClNO2S. The number of carboxylic acids is 1. The van der Waals surface area contributed by atoms with Crippen molar-refractivity contribution in [2.75, 3.05) is 0 Å². The third-order valence-electron chi connectivity index (χ3n) is 2.93. The Morgan fingerprint density at radius 1 is 1.30 bits per heavy atom. The van der Waals surface area contributed by atoms with Gasteiger partial charge in [-0.1, -0.05) is 30.3 Å². The molecule has 0 bridgehead atoms. The lowest BCUT2D eigenvalue weighted by atomic mass is 10.00. The van der Waals surface area contributed by atoms with Crippen LogP contribution < -0.4 is 4.72 Å².